The minimum absolute atomic E-state index is 0.112. The molecule has 0 N–H and O–H groups in total. The maximum atomic E-state index is 12.5. The summed E-state index contributed by atoms with van der Waals surface area (Å²) in [5, 5.41) is 0.709. The molecule has 0 radical (unpaired) electrons. The van der Waals surface area contributed by atoms with E-state index in [1.807, 2.05) is 42.0 Å². The Labute approximate surface area is 199 Å². The summed E-state index contributed by atoms with van der Waals surface area (Å²) in [6.45, 7) is 2.49. The van der Waals surface area contributed by atoms with Gasteiger partial charge in [0.15, 0.2) is 5.79 Å². The highest BCUT2D eigenvalue weighted by Crippen LogP contribution is 2.32. The Morgan fingerprint density at radius 2 is 1.94 bits per heavy atom. The second-order valence-electron chi connectivity index (χ2n) is 8.23. The molecule has 2 aromatic carbocycles. The molecule has 1 saturated heterocycles. The van der Waals surface area contributed by atoms with Crippen LogP contribution in [-0.2, 0) is 36.7 Å². The normalized spacial score (nSPS) is 20.8. The van der Waals surface area contributed by atoms with Crippen LogP contribution in [0.3, 0.4) is 0 Å². The number of halogens is 1. The Hall–Kier alpha value is -2.23. The average Bonchev–Trinajstić information content (AvgIpc) is 3.45. The summed E-state index contributed by atoms with van der Waals surface area (Å²) in [6, 6.07) is 14.3. The van der Waals surface area contributed by atoms with E-state index in [1.165, 1.54) is 17.7 Å². The van der Waals surface area contributed by atoms with E-state index < -0.39 is 22.0 Å². The van der Waals surface area contributed by atoms with Crippen LogP contribution in [0.25, 0.3) is 0 Å². The number of imidazole rings is 1. The Bertz CT molecular complexity index is 1130. The minimum Gasteiger partial charge on any atom is -0.345 e. The molecule has 0 spiro atoms. The molecular weight excluding hydrogens is 464 g/mol. The molecule has 4 rings (SSSR count). The van der Waals surface area contributed by atoms with E-state index in [0.717, 1.165) is 18.4 Å². The second kappa shape index (κ2) is 10.4. The fourth-order valence-electron chi connectivity index (χ4n) is 3.80. The lowest BCUT2D eigenvalue weighted by molar-refractivity contribution is -0.185. The summed E-state index contributed by atoms with van der Waals surface area (Å²) in [5.74, 6) is -0.880. The molecule has 0 saturated carbocycles. The number of aromatic nitrogens is 2. The van der Waals surface area contributed by atoms with Crippen LogP contribution in [-0.4, -0.2) is 43.1 Å². The standard InChI is InChI=1S/C24H27ClN2O5S/c1-19-4-10-23(11-5-19)33(28,29)31-16-22-15-30-24(32-22,17-27-14-13-26-18-27)12-2-3-20-6-8-21(25)9-7-20/h4-11,13-14,18,22H,2-3,12,15-17H2,1H3/t22-,24+/m1/s1. The SMILES string of the molecule is Cc1ccc(S(=O)(=O)OC[C@H]2CO[C@](CCCc3ccc(Cl)cc3)(Cn3ccnc3)O2)cc1. The number of aryl methyl sites for hydroxylation is 2. The summed E-state index contributed by atoms with van der Waals surface area (Å²) in [5.41, 5.74) is 2.16. The topological polar surface area (TPSA) is 79.7 Å². The van der Waals surface area contributed by atoms with Crippen LogP contribution >= 0.6 is 11.6 Å². The lowest BCUT2D eigenvalue weighted by Gasteiger charge is -2.28. The molecule has 1 aliphatic rings. The van der Waals surface area contributed by atoms with Crippen LogP contribution in [0.15, 0.2) is 72.1 Å². The molecule has 9 heteroatoms. The van der Waals surface area contributed by atoms with Crippen molar-refractivity contribution < 1.29 is 22.1 Å². The third-order valence-electron chi connectivity index (χ3n) is 5.55. The maximum absolute atomic E-state index is 12.5. The van der Waals surface area contributed by atoms with Gasteiger partial charge in [0.2, 0.25) is 0 Å². The minimum atomic E-state index is -3.87. The molecule has 1 aromatic heterocycles. The molecule has 1 fully saturated rings. The molecule has 7 nitrogen and oxygen atoms in total. The number of hydrogen-bond acceptors (Lipinski definition) is 6. The van der Waals surface area contributed by atoms with Crippen molar-refractivity contribution in [3.05, 3.63) is 83.4 Å². The number of nitrogens with zero attached hydrogens (tertiary/aromatic N) is 2. The lowest BCUT2D eigenvalue weighted by Crippen LogP contribution is -2.37. The predicted octanol–water partition coefficient (Wildman–Crippen LogP) is 4.39. The van der Waals surface area contributed by atoms with Gasteiger partial charge in [-0.2, -0.15) is 8.42 Å². The van der Waals surface area contributed by atoms with Crippen LogP contribution in [0.2, 0.25) is 5.02 Å². The highest BCUT2D eigenvalue weighted by molar-refractivity contribution is 7.86. The van der Waals surface area contributed by atoms with Gasteiger partial charge in [-0.1, -0.05) is 41.4 Å². The van der Waals surface area contributed by atoms with Crippen LogP contribution in [0.4, 0.5) is 0 Å². The molecule has 1 aliphatic heterocycles. The van der Waals surface area contributed by atoms with E-state index in [0.29, 0.717) is 18.0 Å². The van der Waals surface area contributed by atoms with Gasteiger partial charge in [-0.3, -0.25) is 4.18 Å². The largest absolute Gasteiger partial charge is 0.345 e. The van der Waals surface area contributed by atoms with E-state index in [-0.39, 0.29) is 18.1 Å². The van der Waals surface area contributed by atoms with Crippen molar-refractivity contribution >= 4 is 21.7 Å². The van der Waals surface area contributed by atoms with Gasteiger partial charge in [0, 0.05) is 23.8 Å². The van der Waals surface area contributed by atoms with Gasteiger partial charge >= 0.3 is 0 Å². The molecule has 33 heavy (non-hydrogen) atoms. The third kappa shape index (κ3) is 6.43. The van der Waals surface area contributed by atoms with Crippen LogP contribution in [0, 0.1) is 6.92 Å². The number of benzene rings is 2. The molecule has 3 aromatic rings. The van der Waals surface area contributed by atoms with Crippen LogP contribution in [0.5, 0.6) is 0 Å². The fourth-order valence-corrected chi connectivity index (χ4v) is 4.86. The second-order valence-corrected chi connectivity index (χ2v) is 10.3. The summed E-state index contributed by atoms with van der Waals surface area (Å²) in [6.07, 6.45) is 7.06. The van der Waals surface area contributed by atoms with Crippen molar-refractivity contribution in [1.82, 2.24) is 9.55 Å². The highest BCUT2D eigenvalue weighted by Gasteiger charge is 2.42. The Kier molecular flexibility index (Phi) is 7.51. The molecule has 176 valence electrons. The number of hydrogen-bond donors (Lipinski definition) is 0. The Morgan fingerprint density at radius 3 is 2.64 bits per heavy atom. The van der Waals surface area contributed by atoms with Gasteiger partial charge in [0.05, 0.1) is 31.0 Å². The van der Waals surface area contributed by atoms with E-state index >= 15 is 0 Å². The summed E-state index contributed by atoms with van der Waals surface area (Å²) in [7, 11) is -3.87. The van der Waals surface area contributed by atoms with E-state index in [4.69, 9.17) is 25.3 Å². The van der Waals surface area contributed by atoms with Crippen LogP contribution < -0.4 is 0 Å². The van der Waals surface area contributed by atoms with E-state index in [2.05, 4.69) is 4.98 Å². The van der Waals surface area contributed by atoms with Gasteiger partial charge < -0.3 is 14.0 Å². The molecule has 2 atom stereocenters. The number of ether oxygens (including phenoxy) is 2. The van der Waals surface area contributed by atoms with E-state index in [9.17, 15) is 8.42 Å². The third-order valence-corrected chi connectivity index (χ3v) is 7.10. The maximum Gasteiger partial charge on any atom is 0.297 e. The predicted molar refractivity (Wildman–Crippen MR) is 124 cm³/mol. The molecular formula is C24H27ClN2O5S. The monoisotopic (exact) mass is 490 g/mol. The molecule has 0 aliphatic carbocycles. The first kappa shape index (κ1) is 23.9. The van der Waals surface area contributed by atoms with Crippen LogP contribution in [0.1, 0.15) is 24.0 Å². The first-order valence-corrected chi connectivity index (χ1v) is 12.6. The highest BCUT2D eigenvalue weighted by atomic mass is 35.5. The van der Waals surface area contributed by atoms with E-state index in [1.54, 1.807) is 24.7 Å². The number of rotatable bonds is 10. The van der Waals surface area contributed by atoms with Crippen molar-refractivity contribution in [3.8, 4) is 0 Å². The van der Waals surface area contributed by atoms with Crippen molar-refractivity contribution in [2.45, 2.75) is 49.5 Å². The van der Waals surface area contributed by atoms with Gasteiger partial charge in [-0.25, -0.2) is 4.98 Å². The summed E-state index contributed by atoms with van der Waals surface area (Å²) in [4.78, 5) is 4.22. The quantitative estimate of drug-likeness (QED) is 0.392. The zero-order chi connectivity index (χ0) is 23.3. The van der Waals surface area contributed by atoms with Crippen molar-refractivity contribution in [2.24, 2.45) is 0 Å². The first-order valence-electron chi connectivity index (χ1n) is 10.8. The molecule has 0 bridgehead atoms. The average molecular weight is 491 g/mol. The molecule has 0 unspecified atom stereocenters. The zero-order valence-electron chi connectivity index (χ0n) is 18.4. The lowest BCUT2D eigenvalue weighted by atomic mass is 10.0. The first-order chi connectivity index (χ1) is 15.8. The van der Waals surface area contributed by atoms with Crippen molar-refractivity contribution in [2.75, 3.05) is 13.2 Å². The zero-order valence-corrected chi connectivity index (χ0v) is 20.0. The van der Waals surface area contributed by atoms with Gasteiger partial charge in [-0.05, 0) is 49.6 Å². The van der Waals surface area contributed by atoms with Gasteiger partial charge in [0.1, 0.15) is 6.10 Å². The van der Waals surface area contributed by atoms with Crippen molar-refractivity contribution in [3.63, 3.8) is 0 Å². The van der Waals surface area contributed by atoms with Gasteiger partial charge in [0.25, 0.3) is 10.1 Å². The fraction of sp³-hybridized carbons (Fsp3) is 0.375. The Balaban J connectivity index is 1.38. The van der Waals surface area contributed by atoms with Gasteiger partial charge in [-0.15, -0.1) is 0 Å². The van der Waals surface area contributed by atoms with Crippen molar-refractivity contribution in [1.29, 1.82) is 0 Å². The molecule has 2 heterocycles. The molecule has 0 amide bonds. The summed E-state index contributed by atoms with van der Waals surface area (Å²) < 4.78 is 44.6. The Morgan fingerprint density at radius 1 is 1.18 bits per heavy atom. The smallest absolute Gasteiger partial charge is 0.297 e. The summed E-state index contributed by atoms with van der Waals surface area (Å²) >= 11 is 5.97.